The first kappa shape index (κ1) is 15.5. The number of rotatable bonds is 5. The topological polar surface area (TPSA) is 32.3 Å². The van der Waals surface area contributed by atoms with E-state index in [9.17, 15) is 4.79 Å². The van der Waals surface area contributed by atoms with Gasteiger partial charge in [-0.15, -0.1) is 11.3 Å². The molecule has 1 aliphatic rings. The Labute approximate surface area is 126 Å². The van der Waals surface area contributed by atoms with Crippen molar-refractivity contribution in [3.63, 3.8) is 0 Å². The van der Waals surface area contributed by atoms with Gasteiger partial charge in [-0.2, -0.15) is 0 Å². The van der Waals surface area contributed by atoms with E-state index in [4.69, 9.17) is 0 Å². The van der Waals surface area contributed by atoms with Crippen LogP contribution in [0.3, 0.4) is 0 Å². The summed E-state index contributed by atoms with van der Waals surface area (Å²) in [6, 6.07) is 5.01. The highest BCUT2D eigenvalue weighted by Crippen LogP contribution is 2.18. The zero-order chi connectivity index (χ0) is 14.5. The van der Waals surface area contributed by atoms with Crippen LogP contribution in [0.4, 0.5) is 0 Å². The van der Waals surface area contributed by atoms with Gasteiger partial charge in [-0.3, -0.25) is 4.79 Å². The van der Waals surface area contributed by atoms with Crippen molar-refractivity contribution in [1.29, 1.82) is 0 Å². The number of thiophene rings is 1. The Hall–Kier alpha value is -0.870. The quantitative estimate of drug-likeness (QED) is 0.905. The second-order valence-corrected chi connectivity index (χ2v) is 7.11. The van der Waals surface area contributed by atoms with Gasteiger partial charge >= 0.3 is 0 Å². The summed E-state index contributed by atoms with van der Waals surface area (Å²) in [5.41, 5.74) is 0. The Morgan fingerprint density at radius 1 is 1.35 bits per heavy atom. The molecule has 1 amide bonds. The maximum Gasteiger partial charge on any atom is 0.225 e. The minimum absolute atomic E-state index is 0.123. The number of likely N-dealkylation sites (tertiary alicyclic amines) is 1. The van der Waals surface area contributed by atoms with E-state index in [0.717, 1.165) is 38.9 Å². The summed E-state index contributed by atoms with van der Waals surface area (Å²) in [4.78, 5) is 16.8. The third-order valence-corrected chi connectivity index (χ3v) is 5.16. The zero-order valence-corrected chi connectivity index (χ0v) is 13.6. The molecule has 4 heteroatoms. The van der Waals surface area contributed by atoms with E-state index in [1.54, 1.807) is 0 Å². The van der Waals surface area contributed by atoms with Gasteiger partial charge < -0.3 is 10.2 Å². The number of aryl methyl sites for hydroxylation is 1. The van der Waals surface area contributed by atoms with Crippen molar-refractivity contribution >= 4 is 17.2 Å². The van der Waals surface area contributed by atoms with Gasteiger partial charge in [0.15, 0.2) is 0 Å². The molecule has 0 saturated carbocycles. The van der Waals surface area contributed by atoms with Gasteiger partial charge in [-0.1, -0.05) is 20.8 Å². The van der Waals surface area contributed by atoms with Crippen LogP contribution in [0.2, 0.25) is 0 Å². The van der Waals surface area contributed by atoms with E-state index in [-0.39, 0.29) is 5.92 Å². The number of carbonyl (C=O) groups excluding carboxylic acids is 1. The number of hydrogen-bond donors (Lipinski definition) is 1. The van der Waals surface area contributed by atoms with Crippen LogP contribution < -0.4 is 5.32 Å². The first-order valence-corrected chi connectivity index (χ1v) is 8.51. The summed E-state index contributed by atoms with van der Waals surface area (Å²) in [6.07, 6.45) is 3.27. The minimum Gasteiger partial charge on any atom is -0.342 e. The summed E-state index contributed by atoms with van der Waals surface area (Å²) in [6.45, 7) is 8.93. The smallest absolute Gasteiger partial charge is 0.225 e. The molecule has 0 aromatic carbocycles. The fourth-order valence-corrected chi connectivity index (χ4v) is 3.53. The molecule has 1 saturated heterocycles. The van der Waals surface area contributed by atoms with Crippen LogP contribution >= 0.6 is 11.3 Å². The van der Waals surface area contributed by atoms with E-state index in [1.807, 2.05) is 30.1 Å². The van der Waals surface area contributed by atoms with Crippen molar-refractivity contribution in [2.45, 2.75) is 52.6 Å². The molecule has 0 bridgehead atoms. The molecule has 0 atom stereocenters. The zero-order valence-electron chi connectivity index (χ0n) is 12.8. The third-order valence-electron chi connectivity index (χ3n) is 3.93. The Bertz CT molecular complexity index is 433. The molecule has 0 spiro atoms. The lowest BCUT2D eigenvalue weighted by Crippen LogP contribution is -2.45. The lowest BCUT2D eigenvalue weighted by Gasteiger charge is -2.33. The first-order valence-electron chi connectivity index (χ1n) is 7.70. The lowest BCUT2D eigenvalue weighted by atomic mass is 10.0. The van der Waals surface area contributed by atoms with Crippen LogP contribution in [0.1, 0.15) is 43.4 Å². The molecule has 1 aromatic heterocycles. The number of amides is 1. The first-order chi connectivity index (χ1) is 9.60. The predicted molar refractivity (Wildman–Crippen MR) is 85.0 cm³/mol. The third kappa shape index (κ3) is 4.06. The minimum atomic E-state index is 0.123. The highest BCUT2D eigenvalue weighted by atomic mass is 32.1. The van der Waals surface area contributed by atoms with Crippen molar-refractivity contribution in [2.24, 2.45) is 5.92 Å². The van der Waals surface area contributed by atoms with Gasteiger partial charge in [0, 0.05) is 41.3 Å². The number of carbonyl (C=O) groups is 1. The lowest BCUT2D eigenvalue weighted by molar-refractivity contribution is -0.135. The van der Waals surface area contributed by atoms with Crippen LogP contribution in [0.25, 0.3) is 0 Å². The van der Waals surface area contributed by atoms with Crippen molar-refractivity contribution in [3.05, 3.63) is 21.9 Å². The van der Waals surface area contributed by atoms with E-state index in [0.29, 0.717) is 11.9 Å². The summed E-state index contributed by atoms with van der Waals surface area (Å²) < 4.78 is 0. The molecule has 0 aliphatic carbocycles. The van der Waals surface area contributed by atoms with E-state index in [2.05, 4.69) is 24.4 Å². The molecular weight excluding hydrogens is 268 g/mol. The van der Waals surface area contributed by atoms with Gasteiger partial charge in [-0.25, -0.2) is 0 Å². The van der Waals surface area contributed by atoms with Crippen LogP contribution in [-0.2, 0) is 17.8 Å². The largest absolute Gasteiger partial charge is 0.342 e. The molecule has 3 nitrogen and oxygen atoms in total. The SMILES string of the molecule is CCc1ccc(CNC2CCN(C(=O)C(C)C)CC2)s1. The van der Waals surface area contributed by atoms with Crippen molar-refractivity contribution < 1.29 is 4.79 Å². The van der Waals surface area contributed by atoms with Gasteiger partial charge in [-0.05, 0) is 31.4 Å². The molecule has 0 radical (unpaired) electrons. The average Bonchev–Trinajstić information content (AvgIpc) is 2.93. The summed E-state index contributed by atoms with van der Waals surface area (Å²) in [5.74, 6) is 0.424. The second-order valence-electron chi connectivity index (χ2n) is 5.86. The van der Waals surface area contributed by atoms with Gasteiger partial charge in [0.05, 0.1) is 0 Å². The van der Waals surface area contributed by atoms with Crippen molar-refractivity contribution in [3.8, 4) is 0 Å². The van der Waals surface area contributed by atoms with Crippen LogP contribution in [0.15, 0.2) is 12.1 Å². The highest BCUT2D eigenvalue weighted by Gasteiger charge is 2.23. The fourth-order valence-electron chi connectivity index (χ4n) is 2.62. The van der Waals surface area contributed by atoms with Crippen molar-refractivity contribution in [1.82, 2.24) is 10.2 Å². The van der Waals surface area contributed by atoms with Crippen molar-refractivity contribution in [2.75, 3.05) is 13.1 Å². The molecule has 112 valence electrons. The molecule has 1 aromatic rings. The Kier molecular flexibility index (Phi) is 5.61. The maximum atomic E-state index is 11.9. The molecule has 20 heavy (non-hydrogen) atoms. The standard InChI is InChI=1S/C16H26N2OS/c1-4-14-5-6-15(20-14)11-17-13-7-9-18(10-8-13)16(19)12(2)3/h5-6,12-13,17H,4,7-11H2,1-3H3. The van der Waals surface area contributed by atoms with E-state index in [1.165, 1.54) is 9.75 Å². The van der Waals surface area contributed by atoms with Crippen LogP contribution in [-0.4, -0.2) is 29.9 Å². The van der Waals surface area contributed by atoms with Crippen LogP contribution in [0, 0.1) is 5.92 Å². The normalized spacial score (nSPS) is 16.9. The molecule has 1 N–H and O–H groups in total. The summed E-state index contributed by atoms with van der Waals surface area (Å²) in [5, 5.41) is 3.64. The Morgan fingerprint density at radius 3 is 2.55 bits per heavy atom. The molecule has 1 fully saturated rings. The maximum absolute atomic E-state index is 11.9. The molecule has 1 aliphatic heterocycles. The summed E-state index contributed by atoms with van der Waals surface area (Å²) in [7, 11) is 0. The summed E-state index contributed by atoms with van der Waals surface area (Å²) >= 11 is 1.90. The number of piperidine rings is 1. The van der Waals surface area contributed by atoms with E-state index >= 15 is 0 Å². The highest BCUT2D eigenvalue weighted by molar-refractivity contribution is 7.11. The van der Waals surface area contributed by atoms with Gasteiger partial charge in [0.1, 0.15) is 0 Å². The Morgan fingerprint density at radius 2 is 2.00 bits per heavy atom. The fraction of sp³-hybridized carbons (Fsp3) is 0.688. The number of nitrogens with one attached hydrogen (secondary N) is 1. The number of hydrogen-bond acceptors (Lipinski definition) is 3. The monoisotopic (exact) mass is 294 g/mol. The van der Waals surface area contributed by atoms with E-state index < -0.39 is 0 Å². The Balaban J connectivity index is 1.73. The van der Waals surface area contributed by atoms with Crippen LogP contribution in [0.5, 0.6) is 0 Å². The number of nitrogens with zero attached hydrogens (tertiary/aromatic N) is 1. The molecule has 2 heterocycles. The molecule has 0 unspecified atom stereocenters. The van der Waals surface area contributed by atoms with Gasteiger partial charge in [0.25, 0.3) is 0 Å². The predicted octanol–water partition coefficient (Wildman–Crippen LogP) is 3.05. The molecular formula is C16H26N2OS. The molecule has 2 rings (SSSR count). The second kappa shape index (κ2) is 7.23. The van der Waals surface area contributed by atoms with Gasteiger partial charge in [0.2, 0.25) is 5.91 Å². The average molecular weight is 294 g/mol.